The number of hydrogen-bond acceptors (Lipinski definition) is 6. The summed E-state index contributed by atoms with van der Waals surface area (Å²) in [6.07, 6.45) is -3.37. The molecule has 8 heteroatoms. The lowest BCUT2D eigenvalue weighted by Crippen LogP contribution is -2.62. The maximum absolute atomic E-state index is 9.15. The first-order valence-electron chi connectivity index (χ1n) is 13.6. The van der Waals surface area contributed by atoms with Crippen molar-refractivity contribution in [2.75, 3.05) is 6.54 Å². The number of rotatable bonds is 13. The molecule has 210 valence electrons. The molecule has 41 heavy (non-hydrogen) atoms. The minimum atomic E-state index is -0.850. The maximum atomic E-state index is 9.15. The first-order chi connectivity index (χ1) is 20.3. The topological polar surface area (TPSA) is 94.9 Å². The predicted molar refractivity (Wildman–Crippen MR) is 155 cm³/mol. The van der Waals surface area contributed by atoms with Crippen molar-refractivity contribution in [3.63, 3.8) is 0 Å². The second-order valence-corrected chi connectivity index (χ2v) is 9.67. The Balaban J connectivity index is 1.47. The fourth-order valence-electron chi connectivity index (χ4n) is 4.74. The van der Waals surface area contributed by atoms with Crippen molar-refractivity contribution in [2.45, 2.75) is 50.5 Å². The highest BCUT2D eigenvalue weighted by molar-refractivity contribution is 5.22. The van der Waals surface area contributed by atoms with E-state index in [-0.39, 0.29) is 6.54 Å². The Labute approximate surface area is 240 Å². The van der Waals surface area contributed by atoms with Gasteiger partial charge in [0.15, 0.2) is 0 Å². The van der Waals surface area contributed by atoms with Gasteiger partial charge >= 0.3 is 0 Å². The zero-order valence-corrected chi connectivity index (χ0v) is 22.6. The number of nitrogens with zero attached hydrogens (tertiary/aromatic N) is 3. The van der Waals surface area contributed by atoms with Crippen LogP contribution in [0.4, 0.5) is 0 Å². The van der Waals surface area contributed by atoms with Crippen LogP contribution in [0.2, 0.25) is 0 Å². The molecule has 1 aliphatic heterocycles. The van der Waals surface area contributed by atoms with Crippen molar-refractivity contribution in [2.24, 2.45) is 5.11 Å². The van der Waals surface area contributed by atoms with Gasteiger partial charge in [0.25, 0.3) is 0 Å². The van der Waals surface area contributed by atoms with Crippen LogP contribution >= 0.6 is 0 Å². The fraction of sp³-hybridized carbons (Fsp3) is 0.273. The molecule has 1 aliphatic rings. The van der Waals surface area contributed by atoms with E-state index in [9.17, 15) is 0 Å². The first kappa shape index (κ1) is 28.4. The number of benzene rings is 4. The Kier molecular flexibility index (Phi) is 10.4. The summed E-state index contributed by atoms with van der Waals surface area (Å²) in [7, 11) is 0. The van der Waals surface area contributed by atoms with E-state index in [1.54, 1.807) is 0 Å². The third-order valence-electron chi connectivity index (χ3n) is 6.77. The zero-order chi connectivity index (χ0) is 28.1. The van der Waals surface area contributed by atoms with Crippen molar-refractivity contribution in [3.05, 3.63) is 148 Å². The Morgan fingerprint density at radius 3 is 1.51 bits per heavy atom. The molecule has 0 N–H and O–H groups in total. The molecule has 4 aromatic carbocycles. The van der Waals surface area contributed by atoms with Gasteiger partial charge in [-0.05, 0) is 34.4 Å². The molecule has 4 aromatic rings. The second-order valence-electron chi connectivity index (χ2n) is 9.67. The van der Waals surface area contributed by atoms with Gasteiger partial charge in [-0.2, -0.15) is 0 Å². The molecule has 1 heterocycles. The highest BCUT2D eigenvalue weighted by Gasteiger charge is 2.49. The maximum Gasteiger partial charge on any atom is 0.229 e. The lowest BCUT2D eigenvalue weighted by atomic mass is 9.97. The molecule has 5 rings (SSSR count). The van der Waals surface area contributed by atoms with Gasteiger partial charge in [-0.3, -0.25) is 0 Å². The molecule has 1 fully saturated rings. The summed E-state index contributed by atoms with van der Waals surface area (Å²) < 4.78 is 32.4. The van der Waals surface area contributed by atoms with Crippen LogP contribution in [-0.2, 0) is 38.8 Å². The Bertz CT molecular complexity index is 1360. The number of azide groups is 1. The van der Waals surface area contributed by atoms with Gasteiger partial charge in [0.05, 0.1) is 32.5 Å². The van der Waals surface area contributed by atoms with E-state index in [1.165, 1.54) is 0 Å². The minimum absolute atomic E-state index is 0.0429. The summed E-state index contributed by atoms with van der Waals surface area (Å²) in [6.45, 7) is 1.01. The van der Waals surface area contributed by atoms with Gasteiger partial charge in [-0.15, -0.1) is 0 Å². The zero-order valence-electron chi connectivity index (χ0n) is 22.6. The molecule has 0 saturated carbocycles. The van der Waals surface area contributed by atoms with Crippen LogP contribution < -0.4 is 4.74 Å². The van der Waals surface area contributed by atoms with Crippen molar-refractivity contribution >= 4 is 0 Å². The fourth-order valence-corrected chi connectivity index (χ4v) is 4.74. The van der Waals surface area contributed by atoms with E-state index < -0.39 is 30.7 Å². The highest BCUT2D eigenvalue weighted by Crippen LogP contribution is 2.32. The van der Waals surface area contributed by atoms with Gasteiger partial charge in [0.2, 0.25) is 6.29 Å². The minimum Gasteiger partial charge on any atom is -0.462 e. The van der Waals surface area contributed by atoms with E-state index >= 15 is 0 Å². The molecule has 0 aliphatic carbocycles. The highest BCUT2D eigenvalue weighted by atomic mass is 16.7. The standard InChI is InChI=1S/C33H33N3O5/c34-36-35-21-29-30(37-22-25-13-5-1-6-14-25)31(38-23-26-15-7-2-8-16-26)32(39-24-27-17-9-3-10-18-27)33(41-29)40-28-19-11-4-12-20-28/h1-20,29-33H,21-24H2/t29-,30-,31+,32+,33+/m1/s1. The largest absolute Gasteiger partial charge is 0.462 e. The monoisotopic (exact) mass is 551 g/mol. The number of hydrogen-bond donors (Lipinski definition) is 0. The van der Waals surface area contributed by atoms with E-state index in [0.29, 0.717) is 25.6 Å². The van der Waals surface area contributed by atoms with Gasteiger partial charge in [-0.1, -0.05) is 114 Å². The quantitative estimate of drug-likeness (QED) is 0.103. The summed E-state index contributed by atoms with van der Waals surface area (Å²) in [5.41, 5.74) is 12.2. The smallest absolute Gasteiger partial charge is 0.229 e. The molecule has 0 amide bonds. The van der Waals surface area contributed by atoms with Crippen LogP contribution in [0.1, 0.15) is 16.7 Å². The average molecular weight is 552 g/mol. The molecule has 8 nitrogen and oxygen atoms in total. The molecule has 0 bridgehead atoms. The first-order valence-corrected chi connectivity index (χ1v) is 13.6. The lowest BCUT2D eigenvalue weighted by molar-refractivity contribution is -0.301. The molecular formula is C33H33N3O5. The van der Waals surface area contributed by atoms with Crippen LogP contribution in [0.15, 0.2) is 126 Å². The molecule has 0 spiro atoms. The molecule has 0 unspecified atom stereocenters. The van der Waals surface area contributed by atoms with E-state index in [4.69, 9.17) is 29.2 Å². The third kappa shape index (κ3) is 8.17. The van der Waals surface area contributed by atoms with E-state index in [1.807, 2.05) is 121 Å². The summed E-state index contributed by atoms with van der Waals surface area (Å²) in [5.74, 6) is 0.624. The van der Waals surface area contributed by atoms with Crippen molar-refractivity contribution < 1.29 is 23.7 Å². The Morgan fingerprint density at radius 1 is 0.585 bits per heavy atom. The lowest BCUT2D eigenvalue weighted by Gasteiger charge is -2.45. The summed E-state index contributed by atoms with van der Waals surface area (Å²) in [4.78, 5) is 2.98. The van der Waals surface area contributed by atoms with Crippen molar-refractivity contribution in [1.82, 2.24) is 0 Å². The van der Waals surface area contributed by atoms with Gasteiger partial charge in [-0.25, -0.2) is 0 Å². The van der Waals surface area contributed by atoms with Crippen molar-refractivity contribution in [3.8, 4) is 5.75 Å². The van der Waals surface area contributed by atoms with Crippen LogP contribution in [0.5, 0.6) is 5.75 Å². The van der Waals surface area contributed by atoms with E-state index in [2.05, 4.69) is 10.0 Å². The molecule has 0 radical (unpaired) electrons. The predicted octanol–water partition coefficient (Wildman–Crippen LogP) is 6.86. The third-order valence-corrected chi connectivity index (χ3v) is 6.77. The van der Waals surface area contributed by atoms with Gasteiger partial charge < -0.3 is 23.7 Å². The Morgan fingerprint density at radius 2 is 1.02 bits per heavy atom. The van der Waals surface area contributed by atoms with Crippen LogP contribution in [0, 0.1) is 0 Å². The molecule has 1 saturated heterocycles. The SMILES string of the molecule is [N-]=[N+]=NC[C@H]1O[C@H](Oc2ccccc2)[C@@H](OCc2ccccc2)[C@@H](OCc2ccccc2)[C@@H]1OCc1ccccc1. The average Bonchev–Trinajstić information content (AvgIpc) is 3.03. The molecular weight excluding hydrogens is 518 g/mol. The normalized spacial score (nSPS) is 22.0. The number of para-hydroxylation sites is 1. The molecule has 0 aromatic heterocycles. The van der Waals surface area contributed by atoms with Crippen molar-refractivity contribution in [1.29, 1.82) is 0 Å². The van der Waals surface area contributed by atoms with Gasteiger partial charge in [0.1, 0.15) is 24.1 Å². The second kappa shape index (κ2) is 15.0. The molecule has 5 atom stereocenters. The summed E-state index contributed by atoms with van der Waals surface area (Å²) in [5, 5.41) is 3.84. The summed E-state index contributed by atoms with van der Waals surface area (Å²) >= 11 is 0. The van der Waals surface area contributed by atoms with Gasteiger partial charge in [0, 0.05) is 4.91 Å². The Hall–Kier alpha value is -4.17. The summed E-state index contributed by atoms with van der Waals surface area (Å²) in [6, 6.07) is 39.2. The number of ether oxygens (including phenoxy) is 5. The van der Waals surface area contributed by atoms with E-state index in [0.717, 1.165) is 16.7 Å². The van der Waals surface area contributed by atoms with Crippen LogP contribution in [-0.4, -0.2) is 37.3 Å². The van der Waals surface area contributed by atoms with Crippen LogP contribution in [0.3, 0.4) is 0 Å². The van der Waals surface area contributed by atoms with Crippen LogP contribution in [0.25, 0.3) is 10.4 Å².